The average molecular weight is 302 g/mol. The molecule has 2 atom stereocenters. The Balaban J connectivity index is 1.92. The lowest BCUT2D eigenvalue weighted by Crippen LogP contribution is -2.39. The molecule has 104 valence electrons. The molecule has 1 heterocycles. The van der Waals surface area contributed by atoms with Gasteiger partial charge in [-0.2, -0.15) is 0 Å². The summed E-state index contributed by atoms with van der Waals surface area (Å²) in [6.45, 7) is 0.416. The highest BCUT2D eigenvalue weighted by atomic mass is 35.5. The highest BCUT2D eigenvalue weighted by Crippen LogP contribution is 2.30. The Hall–Kier alpha value is -1.07. The molecule has 1 aromatic rings. The molecule has 0 spiro atoms. The van der Waals surface area contributed by atoms with Crippen molar-refractivity contribution in [2.45, 2.75) is 32.2 Å². The quantitative estimate of drug-likeness (QED) is 0.898. The molecule has 1 amide bonds. The molecule has 2 N–H and O–H groups in total. The maximum atomic E-state index is 12.1. The van der Waals surface area contributed by atoms with Gasteiger partial charge in [0.2, 0.25) is 5.91 Å². The summed E-state index contributed by atoms with van der Waals surface area (Å²) in [5.41, 5.74) is 0. The molecule has 1 fully saturated rings. The van der Waals surface area contributed by atoms with Crippen molar-refractivity contribution in [2.75, 3.05) is 0 Å². The van der Waals surface area contributed by atoms with E-state index in [1.807, 2.05) is 6.07 Å². The Labute approximate surface area is 120 Å². The van der Waals surface area contributed by atoms with Crippen LogP contribution in [0.15, 0.2) is 12.1 Å². The van der Waals surface area contributed by atoms with Gasteiger partial charge in [-0.1, -0.05) is 24.4 Å². The van der Waals surface area contributed by atoms with Crippen molar-refractivity contribution in [1.29, 1.82) is 0 Å². The van der Waals surface area contributed by atoms with E-state index in [0.29, 0.717) is 23.7 Å². The number of aliphatic carboxylic acids is 1. The predicted octanol–water partition coefficient (Wildman–Crippen LogP) is 2.91. The summed E-state index contributed by atoms with van der Waals surface area (Å²) in [6.07, 6.45) is 3.07. The molecule has 0 bridgehead atoms. The van der Waals surface area contributed by atoms with Crippen molar-refractivity contribution in [1.82, 2.24) is 5.32 Å². The van der Waals surface area contributed by atoms with Gasteiger partial charge in [0.25, 0.3) is 0 Å². The lowest BCUT2D eigenvalue weighted by Gasteiger charge is -2.27. The zero-order chi connectivity index (χ0) is 13.8. The summed E-state index contributed by atoms with van der Waals surface area (Å²) in [7, 11) is 0. The number of rotatable bonds is 4. The number of nitrogens with one attached hydrogen (secondary N) is 1. The summed E-state index contributed by atoms with van der Waals surface area (Å²) in [6, 6.07) is 3.65. The number of hydrogen-bond donors (Lipinski definition) is 2. The number of hydrogen-bond acceptors (Lipinski definition) is 3. The fourth-order valence-corrected chi connectivity index (χ4v) is 3.52. The molecule has 1 aromatic heterocycles. The van der Waals surface area contributed by atoms with Gasteiger partial charge >= 0.3 is 5.97 Å². The van der Waals surface area contributed by atoms with E-state index < -0.39 is 17.8 Å². The van der Waals surface area contributed by atoms with Gasteiger partial charge in [-0.05, 0) is 25.0 Å². The molecular formula is C13H16ClNO3S. The van der Waals surface area contributed by atoms with Gasteiger partial charge in [-0.25, -0.2) is 0 Å². The van der Waals surface area contributed by atoms with E-state index in [-0.39, 0.29) is 5.91 Å². The second-order valence-corrected chi connectivity index (χ2v) is 6.56. The Morgan fingerprint density at radius 1 is 1.32 bits per heavy atom. The monoisotopic (exact) mass is 301 g/mol. The standard InChI is InChI=1S/C13H16ClNO3S/c14-11-6-5-8(19-11)7-15-12(16)9-3-1-2-4-10(9)13(17)18/h5-6,9-10H,1-4,7H2,(H,15,16)(H,17,18)/t9-,10+/m1/s1. The highest BCUT2D eigenvalue weighted by molar-refractivity contribution is 7.16. The van der Waals surface area contributed by atoms with E-state index in [1.165, 1.54) is 11.3 Å². The molecule has 2 rings (SSSR count). The first kappa shape index (κ1) is 14.3. The number of carboxylic acids is 1. The van der Waals surface area contributed by atoms with E-state index in [0.717, 1.165) is 17.7 Å². The Morgan fingerprint density at radius 2 is 2.00 bits per heavy atom. The minimum absolute atomic E-state index is 0.156. The van der Waals surface area contributed by atoms with Crippen molar-refractivity contribution < 1.29 is 14.7 Å². The topological polar surface area (TPSA) is 66.4 Å². The van der Waals surface area contributed by atoms with E-state index in [1.54, 1.807) is 6.07 Å². The van der Waals surface area contributed by atoms with Gasteiger partial charge in [0.15, 0.2) is 0 Å². The second kappa shape index (κ2) is 6.39. The van der Waals surface area contributed by atoms with Crippen LogP contribution in [0.3, 0.4) is 0 Å². The van der Waals surface area contributed by atoms with Crippen LogP contribution in [0, 0.1) is 11.8 Å². The maximum Gasteiger partial charge on any atom is 0.307 e. The van der Waals surface area contributed by atoms with Crippen LogP contribution in [0.2, 0.25) is 4.34 Å². The molecule has 19 heavy (non-hydrogen) atoms. The van der Waals surface area contributed by atoms with Crippen LogP contribution in [-0.4, -0.2) is 17.0 Å². The van der Waals surface area contributed by atoms with Gasteiger partial charge in [0, 0.05) is 4.88 Å². The summed E-state index contributed by atoms with van der Waals surface area (Å²) < 4.78 is 0.685. The molecule has 0 aliphatic heterocycles. The summed E-state index contributed by atoms with van der Waals surface area (Å²) in [4.78, 5) is 24.2. The van der Waals surface area contributed by atoms with E-state index in [2.05, 4.69) is 5.32 Å². The Bertz CT molecular complexity index is 474. The summed E-state index contributed by atoms with van der Waals surface area (Å²) in [5.74, 6) is -1.96. The highest BCUT2D eigenvalue weighted by Gasteiger charge is 2.35. The molecular weight excluding hydrogens is 286 g/mol. The van der Waals surface area contributed by atoms with E-state index in [9.17, 15) is 9.59 Å². The Kier molecular flexibility index (Phi) is 4.82. The zero-order valence-electron chi connectivity index (χ0n) is 10.4. The number of carbonyl (C=O) groups excluding carboxylic acids is 1. The fraction of sp³-hybridized carbons (Fsp3) is 0.538. The van der Waals surface area contributed by atoms with Crippen molar-refractivity contribution >= 4 is 34.8 Å². The average Bonchev–Trinajstić information content (AvgIpc) is 2.81. The van der Waals surface area contributed by atoms with Crippen molar-refractivity contribution in [2.24, 2.45) is 11.8 Å². The minimum Gasteiger partial charge on any atom is -0.481 e. The minimum atomic E-state index is -0.862. The molecule has 1 aliphatic rings. The van der Waals surface area contributed by atoms with Gasteiger partial charge in [-0.15, -0.1) is 11.3 Å². The summed E-state index contributed by atoms with van der Waals surface area (Å²) >= 11 is 7.24. The van der Waals surface area contributed by atoms with Gasteiger partial charge in [0.1, 0.15) is 0 Å². The largest absolute Gasteiger partial charge is 0.481 e. The maximum absolute atomic E-state index is 12.1. The van der Waals surface area contributed by atoms with E-state index >= 15 is 0 Å². The molecule has 1 saturated carbocycles. The smallest absolute Gasteiger partial charge is 0.307 e. The molecule has 6 heteroatoms. The molecule has 4 nitrogen and oxygen atoms in total. The van der Waals surface area contributed by atoms with Gasteiger partial charge in [-0.3, -0.25) is 9.59 Å². The normalized spacial score (nSPS) is 23.0. The lowest BCUT2D eigenvalue weighted by molar-refractivity contribution is -0.148. The molecule has 0 saturated heterocycles. The third-order valence-electron chi connectivity index (χ3n) is 3.49. The SMILES string of the molecule is O=C(O)[C@H]1CCCC[C@H]1C(=O)NCc1ccc(Cl)s1. The molecule has 0 unspecified atom stereocenters. The predicted molar refractivity (Wildman–Crippen MR) is 74.3 cm³/mol. The van der Waals surface area contributed by atoms with Crippen molar-refractivity contribution in [3.05, 3.63) is 21.3 Å². The molecule has 1 aliphatic carbocycles. The zero-order valence-corrected chi connectivity index (χ0v) is 12.0. The van der Waals surface area contributed by atoms with Crippen molar-refractivity contribution in [3.8, 4) is 0 Å². The van der Waals surface area contributed by atoms with Crippen LogP contribution in [0.25, 0.3) is 0 Å². The Morgan fingerprint density at radius 3 is 2.58 bits per heavy atom. The van der Waals surface area contributed by atoms with Crippen LogP contribution in [0.1, 0.15) is 30.6 Å². The lowest BCUT2D eigenvalue weighted by atomic mass is 9.79. The molecule has 0 aromatic carbocycles. The number of thiophene rings is 1. The fourth-order valence-electron chi connectivity index (χ4n) is 2.49. The first-order chi connectivity index (χ1) is 9.08. The third kappa shape index (κ3) is 3.70. The van der Waals surface area contributed by atoms with Crippen LogP contribution in [0.5, 0.6) is 0 Å². The third-order valence-corrected chi connectivity index (χ3v) is 4.72. The number of amides is 1. The van der Waals surface area contributed by atoms with Gasteiger partial charge in [0.05, 0.1) is 22.7 Å². The molecule has 0 radical (unpaired) electrons. The van der Waals surface area contributed by atoms with Crippen LogP contribution in [0.4, 0.5) is 0 Å². The van der Waals surface area contributed by atoms with Crippen LogP contribution in [-0.2, 0) is 16.1 Å². The summed E-state index contributed by atoms with van der Waals surface area (Å²) in [5, 5.41) is 12.0. The first-order valence-corrected chi connectivity index (χ1v) is 7.52. The number of carboxylic acid groups (broad SMARTS) is 1. The number of carbonyl (C=O) groups is 2. The second-order valence-electron chi connectivity index (χ2n) is 4.76. The van der Waals surface area contributed by atoms with Crippen LogP contribution >= 0.6 is 22.9 Å². The number of halogens is 1. The first-order valence-electron chi connectivity index (χ1n) is 6.32. The van der Waals surface area contributed by atoms with E-state index in [4.69, 9.17) is 16.7 Å². The van der Waals surface area contributed by atoms with Crippen LogP contribution < -0.4 is 5.32 Å². The van der Waals surface area contributed by atoms with Gasteiger partial charge < -0.3 is 10.4 Å². The van der Waals surface area contributed by atoms with Crippen molar-refractivity contribution in [3.63, 3.8) is 0 Å².